The fourth-order valence-corrected chi connectivity index (χ4v) is 3.31. The van der Waals surface area contributed by atoms with E-state index in [2.05, 4.69) is 9.72 Å². The number of methoxy groups -OCH3 is 1. The molecule has 0 radical (unpaired) electrons. The van der Waals surface area contributed by atoms with Crippen LogP contribution >= 0.6 is 11.9 Å². The Bertz CT molecular complexity index is 929. The lowest BCUT2D eigenvalue weighted by molar-refractivity contribution is -0.140. The molecule has 8 heteroatoms. The van der Waals surface area contributed by atoms with E-state index in [1.54, 1.807) is 6.07 Å². The molecular weight excluding hydrogens is 403 g/mol. The maximum atomic E-state index is 13.6. The summed E-state index contributed by atoms with van der Waals surface area (Å²) in [4.78, 5) is 16.6. The quantitative estimate of drug-likeness (QED) is 0.256. The van der Waals surface area contributed by atoms with E-state index in [1.165, 1.54) is 35.6 Å². The van der Waals surface area contributed by atoms with Gasteiger partial charge in [-0.25, -0.2) is 9.37 Å². The van der Waals surface area contributed by atoms with Crippen LogP contribution in [0.1, 0.15) is 39.1 Å². The first kappa shape index (κ1) is 25.6. The third-order valence-electron chi connectivity index (χ3n) is 3.90. The van der Waals surface area contributed by atoms with Crippen molar-refractivity contribution in [2.75, 3.05) is 13.7 Å². The Labute approximate surface area is 182 Å². The predicted octanol–water partition coefficient (Wildman–Crippen LogP) is 4.94. The van der Waals surface area contributed by atoms with Gasteiger partial charge >= 0.3 is 5.97 Å². The van der Waals surface area contributed by atoms with Crippen LogP contribution in [-0.4, -0.2) is 33.6 Å². The molecule has 0 amide bonds. The minimum Gasteiger partial charge on any atom is -0.468 e. The number of carbonyl (C=O) groups excluding carboxylic acids is 1. The van der Waals surface area contributed by atoms with E-state index < -0.39 is 5.97 Å². The second-order valence-corrected chi connectivity index (χ2v) is 6.89. The first-order chi connectivity index (χ1) is 14.5. The number of hydrogen-bond donors (Lipinski definition) is 1. The van der Waals surface area contributed by atoms with E-state index in [-0.39, 0.29) is 12.4 Å². The van der Waals surface area contributed by atoms with E-state index in [4.69, 9.17) is 5.84 Å². The van der Waals surface area contributed by atoms with Crippen LogP contribution in [-0.2, 0) is 16.1 Å². The highest BCUT2D eigenvalue weighted by Gasteiger charge is 2.11. The molecule has 3 rings (SSSR count). The normalized spacial score (nSPS) is 10.2. The average Bonchev–Trinajstić information content (AvgIpc) is 3.06. The van der Waals surface area contributed by atoms with Crippen molar-refractivity contribution in [2.45, 2.75) is 46.1 Å². The number of aryl methyl sites for hydroxylation is 1. The SMILES string of the molecule is CC.CC.COC(=O)CN(N)Sc1ccc(Cn2c(C)nc3ccc(F)cc32)cc1. The van der Waals surface area contributed by atoms with Crippen LogP contribution < -0.4 is 5.84 Å². The molecule has 1 heterocycles. The van der Waals surface area contributed by atoms with Crippen LogP contribution in [0.4, 0.5) is 4.39 Å². The van der Waals surface area contributed by atoms with Crippen LogP contribution in [0, 0.1) is 12.7 Å². The lowest BCUT2D eigenvalue weighted by Gasteiger charge is -2.14. The van der Waals surface area contributed by atoms with Gasteiger partial charge in [-0.15, -0.1) is 0 Å². The number of benzene rings is 2. The monoisotopic (exact) mass is 434 g/mol. The van der Waals surface area contributed by atoms with Crippen molar-refractivity contribution in [1.82, 2.24) is 14.0 Å². The molecule has 0 aliphatic carbocycles. The summed E-state index contributed by atoms with van der Waals surface area (Å²) in [5, 5.41) is 0. The Morgan fingerprint density at radius 2 is 1.80 bits per heavy atom. The minimum atomic E-state index is -0.397. The summed E-state index contributed by atoms with van der Waals surface area (Å²) in [6.07, 6.45) is 0. The number of hydrazine groups is 1. The van der Waals surface area contributed by atoms with Crippen molar-refractivity contribution in [3.8, 4) is 0 Å². The summed E-state index contributed by atoms with van der Waals surface area (Å²) in [7, 11) is 1.32. The largest absolute Gasteiger partial charge is 0.468 e. The molecule has 164 valence electrons. The fourth-order valence-electron chi connectivity index (χ4n) is 2.61. The van der Waals surface area contributed by atoms with Crippen LogP contribution in [0.25, 0.3) is 11.0 Å². The molecule has 0 saturated carbocycles. The highest BCUT2D eigenvalue weighted by molar-refractivity contribution is 7.97. The molecule has 3 aromatic rings. The Hall–Kier alpha value is -2.42. The van der Waals surface area contributed by atoms with Crippen molar-refractivity contribution < 1.29 is 13.9 Å². The van der Waals surface area contributed by atoms with E-state index in [0.29, 0.717) is 6.54 Å². The topological polar surface area (TPSA) is 73.4 Å². The number of fused-ring (bicyclic) bond motifs is 1. The Kier molecular flexibility index (Phi) is 11.1. The maximum Gasteiger partial charge on any atom is 0.322 e. The van der Waals surface area contributed by atoms with Crippen LogP contribution in [0.2, 0.25) is 0 Å². The number of nitrogens with two attached hydrogens (primary N) is 1. The standard InChI is InChI=1S/C18H19FN4O2S.2C2H6/c1-12-21-16-8-5-14(19)9-17(16)22(12)10-13-3-6-15(7-4-13)26-23(20)11-18(24)25-2;2*1-2/h3-9H,10-11,20H2,1-2H3;2*1-2H3. The fraction of sp³-hybridized carbons (Fsp3) is 0.364. The predicted molar refractivity (Wildman–Crippen MR) is 121 cm³/mol. The second-order valence-electron chi connectivity index (χ2n) is 5.76. The molecule has 0 fully saturated rings. The number of halogens is 1. The van der Waals surface area contributed by atoms with Gasteiger partial charge in [0.2, 0.25) is 0 Å². The van der Waals surface area contributed by atoms with Crippen molar-refractivity contribution >= 4 is 29.0 Å². The third kappa shape index (κ3) is 7.12. The van der Waals surface area contributed by atoms with Gasteiger partial charge in [-0.2, -0.15) is 4.41 Å². The summed E-state index contributed by atoms with van der Waals surface area (Å²) in [6.45, 7) is 10.5. The van der Waals surface area contributed by atoms with Gasteiger partial charge in [-0.1, -0.05) is 39.8 Å². The van der Waals surface area contributed by atoms with Gasteiger partial charge in [0.1, 0.15) is 18.2 Å². The molecule has 0 aliphatic heterocycles. The number of carbonyl (C=O) groups is 1. The van der Waals surface area contributed by atoms with Gasteiger partial charge in [-0.05, 0) is 54.8 Å². The summed E-state index contributed by atoms with van der Waals surface area (Å²) < 4.78 is 21.4. The average molecular weight is 435 g/mol. The maximum absolute atomic E-state index is 13.6. The Balaban J connectivity index is 0.00000106. The van der Waals surface area contributed by atoms with Crippen LogP contribution in [0.3, 0.4) is 0 Å². The zero-order valence-corrected chi connectivity index (χ0v) is 19.3. The third-order valence-corrected chi connectivity index (χ3v) is 4.75. The molecule has 6 nitrogen and oxygen atoms in total. The highest BCUT2D eigenvalue weighted by Crippen LogP contribution is 2.22. The van der Waals surface area contributed by atoms with Gasteiger partial charge in [0, 0.05) is 11.4 Å². The molecule has 0 spiro atoms. The van der Waals surface area contributed by atoms with Crippen molar-refractivity contribution in [2.24, 2.45) is 5.84 Å². The van der Waals surface area contributed by atoms with Crippen molar-refractivity contribution in [3.05, 3.63) is 59.7 Å². The first-order valence-electron chi connectivity index (χ1n) is 9.94. The molecule has 0 saturated heterocycles. The minimum absolute atomic E-state index is 0.00526. The lowest BCUT2D eigenvalue weighted by Crippen LogP contribution is -2.30. The van der Waals surface area contributed by atoms with Crippen molar-refractivity contribution in [3.63, 3.8) is 0 Å². The lowest BCUT2D eigenvalue weighted by atomic mass is 10.2. The van der Waals surface area contributed by atoms with E-state index in [9.17, 15) is 9.18 Å². The molecule has 2 aromatic carbocycles. The first-order valence-corrected chi connectivity index (χ1v) is 10.7. The number of ether oxygens (including phenoxy) is 1. The van der Waals surface area contributed by atoms with Crippen molar-refractivity contribution in [1.29, 1.82) is 0 Å². The Morgan fingerprint density at radius 1 is 1.17 bits per heavy atom. The highest BCUT2D eigenvalue weighted by atomic mass is 32.2. The zero-order chi connectivity index (χ0) is 22.7. The van der Waals surface area contributed by atoms with E-state index in [0.717, 1.165) is 27.3 Å². The molecule has 30 heavy (non-hydrogen) atoms. The molecule has 1 aromatic heterocycles. The zero-order valence-electron chi connectivity index (χ0n) is 18.5. The van der Waals surface area contributed by atoms with Gasteiger partial charge in [0.15, 0.2) is 0 Å². The number of hydrogen-bond acceptors (Lipinski definition) is 6. The Morgan fingerprint density at radius 3 is 2.40 bits per heavy atom. The number of nitrogens with zero attached hydrogens (tertiary/aromatic N) is 3. The second kappa shape index (κ2) is 13.0. The molecule has 0 bridgehead atoms. The van der Waals surface area contributed by atoms with E-state index >= 15 is 0 Å². The number of aromatic nitrogens is 2. The number of esters is 1. The van der Waals surface area contributed by atoms with Gasteiger partial charge in [0.05, 0.1) is 18.1 Å². The summed E-state index contributed by atoms with van der Waals surface area (Å²) >= 11 is 1.25. The molecule has 0 atom stereocenters. The number of rotatable bonds is 6. The van der Waals surface area contributed by atoms with Gasteiger partial charge in [-0.3, -0.25) is 10.6 Å². The van der Waals surface area contributed by atoms with E-state index in [1.807, 2.05) is 63.5 Å². The van der Waals surface area contributed by atoms with Gasteiger partial charge in [0.25, 0.3) is 0 Å². The summed E-state index contributed by atoms with van der Waals surface area (Å²) in [6, 6.07) is 12.4. The number of imidazole rings is 1. The van der Waals surface area contributed by atoms with Gasteiger partial charge < -0.3 is 9.30 Å². The smallest absolute Gasteiger partial charge is 0.322 e. The molecular formula is C22H31FN4O2S. The summed E-state index contributed by atoms with van der Waals surface area (Å²) in [5.41, 5.74) is 2.60. The molecule has 0 unspecified atom stereocenters. The summed E-state index contributed by atoms with van der Waals surface area (Å²) in [5.74, 6) is 5.93. The molecule has 0 aliphatic rings. The van der Waals surface area contributed by atoms with Crippen LogP contribution in [0.15, 0.2) is 47.4 Å². The molecule has 2 N–H and O–H groups in total. The van der Waals surface area contributed by atoms with Crippen LogP contribution in [0.5, 0.6) is 0 Å².